The predicted molar refractivity (Wildman–Crippen MR) is 74.7 cm³/mol. The third kappa shape index (κ3) is 3.61. The van der Waals surface area contributed by atoms with Gasteiger partial charge >= 0.3 is 12.1 Å². The number of halogens is 2. The minimum atomic E-state index is -0.898. The van der Waals surface area contributed by atoms with Crippen LogP contribution in [0.4, 0.5) is 19.7 Å². The van der Waals surface area contributed by atoms with Gasteiger partial charge in [0.2, 0.25) is 0 Å². The first-order valence-electron chi connectivity index (χ1n) is 6.30. The molecular formula is C12H13ClFN3O5. The minimum Gasteiger partial charge on any atom is -0.484 e. The molecule has 1 aromatic rings. The molecule has 3 N–H and O–H groups in total. The third-order valence-corrected chi connectivity index (χ3v) is 2.79. The van der Waals surface area contributed by atoms with Gasteiger partial charge in [-0.1, -0.05) is 11.6 Å². The van der Waals surface area contributed by atoms with Gasteiger partial charge in [-0.05, 0) is 13.0 Å². The number of ether oxygens (including phenoxy) is 3. The topological polar surface area (TPSA) is 97.9 Å². The highest BCUT2D eigenvalue weighted by Crippen LogP contribution is 2.44. The van der Waals surface area contributed by atoms with Crippen molar-refractivity contribution in [2.24, 2.45) is 0 Å². The summed E-state index contributed by atoms with van der Waals surface area (Å²) in [7, 11) is 0. The molecule has 22 heavy (non-hydrogen) atoms. The first-order chi connectivity index (χ1) is 10.5. The van der Waals surface area contributed by atoms with E-state index in [2.05, 4.69) is 10.1 Å². The summed E-state index contributed by atoms with van der Waals surface area (Å²) in [6.45, 7) is 2.19. The van der Waals surface area contributed by atoms with Crippen LogP contribution >= 0.6 is 11.6 Å². The molecule has 1 aliphatic heterocycles. The Labute approximate surface area is 129 Å². The molecule has 0 radical (unpaired) electrons. The Kier molecular flexibility index (Phi) is 5.10. The van der Waals surface area contributed by atoms with Crippen molar-refractivity contribution >= 4 is 29.4 Å². The molecule has 0 atom stereocenters. The Morgan fingerprint density at radius 3 is 2.68 bits per heavy atom. The lowest BCUT2D eigenvalue weighted by molar-refractivity contribution is 0.148. The van der Waals surface area contributed by atoms with Gasteiger partial charge in [0.15, 0.2) is 17.3 Å². The van der Waals surface area contributed by atoms with Gasteiger partial charge in [0, 0.05) is 0 Å². The summed E-state index contributed by atoms with van der Waals surface area (Å²) < 4.78 is 29.0. The normalized spacial score (nSPS) is 12.3. The number of benzene rings is 1. The number of urea groups is 1. The number of fused-ring (bicyclic) bond motifs is 1. The van der Waals surface area contributed by atoms with Crippen molar-refractivity contribution in [2.45, 2.75) is 6.92 Å². The largest absolute Gasteiger partial charge is 0.484 e. The molecule has 1 aromatic carbocycles. The lowest BCUT2D eigenvalue weighted by Gasteiger charge is -2.22. The third-order valence-electron chi connectivity index (χ3n) is 2.51. The van der Waals surface area contributed by atoms with Crippen molar-refractivity contribution in [3.63, 3.8) is 0 Å². The van der Waals surface area contributed by atoms with E-state index < -0.39 is 17.9 Å². The number of nitrogens with one attached hydrogen (secondary N) is 3. The molecule has 0 fully saturated rings. The highest BCUT2D eigenvalue weighted by molar-refractivity contribution is 6.32. The zero-order valence-electron chi connectivity index (χ0n) is 11.5. The first-order valence-corrected chi connectivity index (χ1v) is 6.68. The fraction of sp³-hybridized carbons (Fsp3) is 0.333. The average molecular weight is 334 g/mol. The monoisotopic (exact) mass is 333 g/mol. The molecule has 0 spiro atoms. The Hall–Kier alpha value is -2.42. The van der Waals surface area contributed by atoms with Crippen LogP contribution in [0.2, 0.25) is 5.02 Å². The van der Waals surface area contributed by atoms with Gasteiger partial charge in [0.1, 0.15) is 18.9 Å². The van der Waals surface area contributed by atoms with E-state index in [0.29, 0.717) is 0 Å². The number of hydrogen-bond donors (Lipinski definition) is 3. The zero-order valence-corrected chi connectivity index (χ0v) is 12.3. The maximum Gasteiger partial charge on any atom is 0.426 e. The van der Waals surface area contributed by atoms with Crippen molar-refractivity contribution < 1.29 is 28.2 Å². The Bertz CT molecular complexity index is 599. The lowest BCUT2D eigenvalue weighted by atomic mass is 10.2. The second-order valence-electron chi connectivity index (χ2n) is 3.99. The molecule has 2 rings (SSSR count). The molecule has 0 aliphatic carbocycles. The molecule has 1 heterocycles. The molecule has 0 aromatic heterocycles. The molecule has 0 saturated heterocycles. The van der Waals surface area contributed by atoms with E-state index in [0.717, 1.165) is 6.07 Å². The maximum atomic E-state index is 13.9. The standard InChI is InChI=1S/C12H13ClFN3O5/c1-2-20-12(19)17-16-11(18)15-8-7(14)5-6(13)9-10(8)22-4-3-21-9/h5H,2-4H2,1H3,(H,17,19)(H2,15,16,18). The fourth-order valence-corrected chi connectivity index (χ4v) is 1.91. The van der Waals surface area contributed by atoms with E-state index >= 15 is 0 Å². The van der Waals surface area contributed by atoms with E-state index in [-0.39, 0.29) is 42.0 Å². The van der Waals surface area contributed by atoms with Crippen LogP contribution in [0.1, 0.15) is 6.92 Å². The van der Waals surface area contributed by atoms with Gasteiger partial charge in [-0.25, -0.2) is 24.8 Å². The maximum absolute atomic E-state index is 13.9. The molecule has 3 amide bonds. The number of carbonyl (C=O) groups excluding carboxylic acids is 2. The predicted octanol–water partition coefficient (Wildman–Crippen LogP) is 2.03. The molecule has 10 heteroatoms. The highest BCUT2D eigenvalue weighted by Gasteiger charge is 2.24. The quantitative estimate of drug-likeness (QED) is 0.719. The van der Waals surface area contributed by atoms with Crippen molar-refractivity contribution in [1.82, 2.24) is 10.9 Å². The van der Waals surface area contributed by atoms with Crippen molar-refractivity contribution in [1.29, 1.82) is 0 Å². The SMILES string of the molecule is CCOC(=O)NNC(=O)Nc1c(F)cc(Cl)c2c1OCCO2. The number of hydrazine groups is 1. The Balaban J connectivity index is 2.09. The second kappa shape index (κ2) is 7.03. The molecule has 0 bridgehead atoms. The van der Waals surface area contributed by atoms with Gasteiger partial charge in [0.05, 0.1) is 11.6 Å². The lowest BCUT2D eigenvalue weighted by Crippen LogP contribution is -2.44. The number of anilines is 1. The minimum absolute atomic E-state index is 0.0115. The molecule has 1 aliphatic rings. The number of hydrogen-bond acceptors (Lipinski definition) is 5. The summed E-state index contributed by atoms with van der Waals surface area (Å²) in [4.78, 5) is 22.7. The van der Waals surface area contributed by atoms with Gasteiger partial charge in [-0.15, -0.1) is 0 Å². The molecular weight excluding hydrogens is 321 g/mol. The smallest absolute Gasteiger partial charge is 0.426 e. The first kappa shape index (κ1) is 16.0. The van der Waals surface area contributed by atoms with Crippen molar-refractivity contribution in [3.05, 3.63) is 16.9 Å². The summed E-state index contributed by atoms with van der Waals surface area (Å²) >= 11 is 5.85. The Morgan fingerprint density at radius 1 is 1.32 bits per heavy atom. The highest BCUT2D eigenvalue weighted by atomic mass is 35.5. The number of carbonyl (C=O) groups is 2. The fourth-order valence-electron chi connectivity index (χ4n) is 1.68. The summed E-state index contributed by atoms with van der Waals surface area (Å²) in [5.41, 5.74) is 3.72. The van der Waals surface area contributed by atoms with Gasteiger partial charge in [-0.3, -0.25) is 0 Å². The van der Waals surface area contributed by atoms with E-state index in [1.807, 2.05) is 10.9 Å². The van der Waals surface area contributed by atoms with Crippen LogP contribution in [-0.4, -0.2) is 31.9 Å². The van der Waals surface area contributed by atoms with E-state index in [9.17, 15) is 14.0 Å². The van der Waals surface area contributed by atoms with Gasteiger partial charge in [-0.2, -0.15) is 0 Å². The number of rotatable bonds is 2. The van der Waals surface area contributed by atoms with E-state index in [4.69, 9.17) is 21.1 Å². The second-order valence-corrected chi connectivity index (χ2v) is 4.40. The molecule has 120 valence electrons. The summed E-state index contributed by atoms with van der Waals surface area (Å²) in [5, 5.41) is 2.23. The van der Waals surface area contributed by atoms with E-state index in [1.54, 1.807) is 6.92 Å². The Morgan fingerprint density at radius 2 is 2.00 bits per heavy atom. The van der Waals surface area contributed by atoms with Crippen molar-refractivity contribution in [3.8, 4) is 11.5 Å². The van der Waals surface area contributed by atoms with Crippen LogP contribution in [0.3, 0.4) is 0 Å². The van der Waals surface area contributed by atoms with Crippen molar-refractivity contribution in [2.75, 3.05) is 25.1 Å². The number of amides is 3. The van der Waals surface area contributed by atoms with Crippen LogP contribution in [0, 0.1) is 5.82 Å². The molecule has 8 nitrogen and oxygen atoms in total. The summed E-state index contributed by atoms with van der Waals surface area (Å²) in [5.74, 6) is -0.675. The van der Waals surface area contributed by atoms with Crippen LogP contribution in [-0.2, 0) is 4.74 Å². The van der Waals surface area contributed by atoms with Crippen LogP contribution < -0.4 is 25.6 Å². The average Bonchev–Trinajstić information content (AvgIpc) is 2.50. The summed E-state index contributed by atoms with van der Waals surface area (Å²) in [6, 6.07) is 0.0920. The summed E-state index contributed by atoms with van der Waals surface area (Å²) in [6.07, 6.45) is -0.851. The van der Waals surface area contributed by atoms with Gasteiger partial charge < -0.3 is 19.5 Å². The van der Waals surface area contributed by atoms with Gasteiger partial charge in [0.25, 0.3) is 0 Å². The van der Waals surface area contributed by atoms with E-state index in [1.165, 1.54) is 0 Å². The van der Waals surface area contributed by atoms with Crippen LogP contribution in [0.15, 0.2) is 6.07 Å². The molecule has 0 saturated carbocycles. The van der Waals surface area contributed by atoms with Crippen LogP contribution in [0.25, 0.3) is 0 Å². The molecule has 0 unspecified atom stereocenters. The van der Waals surface area contributed by atoms with Crippen LogP contribution in [0.5, 0.6) is 11.5 Å². The zero-order chi connectivity index (χ0) is 16.1.